The van der Waals surface area contributed by atoms with Gasteiger partial charge in [0.05, 0.1) is 18.0 Å². The molecule has 1 fully saturated rings. The monoisotopic (exact) mass is 239 g/mol. The SMILES string of the molecule is CCn1nc(C)cc1CNCC1(O)CCOC1. The van der Waals surface area contributed by atoms with Gasteiger partial charge >= 0.3 is 0 Å². The molecule has 1 aromatic rings. The summed E-state index contributed by atoms with van der Waals surface area (Å²) in [5.41, 5.74) is 1.51. The van der Waals surface area contributed by atoms with Gasteiger partial charge in [-0.05, 0) is 19.9 Å². The lowest BCUT2D eigenvalue weighted by Gasteiger charge is -2.20. The molecule has 0 spiro atoms. The van der Waals surface area contributed by atoms with Gasteiger partial charge in [0.15, 0.2) is 0 Å². The average molecular weight is 239 g/mol. The highest BCUT2D eigenvalue weighted by molar-refractivity contribution is 5.08. The van der Waals surface area contributed by atoms with E-state index in [1.807, 2.05) is 11.6 Å². The Morgan fingerprint density at radius 1 is 1.65 bits per heavy atom. The summed E-state index contributed by atoms with van der Waals surface area (Å²) in [6, 6.07) is 2.08. The molecule has 5 nitrogen and oxygen atoms in total. The van der Waals surface area contributed by atoms with Gasteiger partial charge in [-0.1, -0.05) is 0 Å². The summed E-state index contributed by atoms with van der Waals surface area (Å²) in [6.07, 6.45) is 0.714. The van der Waals surface area contributed by atoms with E-state index in [0.717, 1.165) is 24.5 Å². The first-order valence-corrected chi connectivity index (χ1v) is 6.17. The van der Waals surface area contributed by atoms with Gasteiger partial charge in [-0.25, -0.2) is 0 Å². The second kappa shape index (κ2) is 5.16. The van der Waals surface area contributed by atoms with Crippen molar-refractivity contribution in [1.29, 1.82) is 0 Å². The first-order chi connectivity index (χ1) is 8.13. The summed E-state index contributed by atoms with van der Waals surface area (Å²) < 4.78 is 7.19. The summed E-state index contributed by atoms with van der Waals surface area (Å²) >= 11 is 0. The van der Waals surface area contributed by atoms with Crippen LogP contribution in [0, 0.1) is 6.92 Å². The lowest BCUT2D eigenvalue weighted by Crippen LogP contribution is -2.41. The second-order valence-electron chi connectivity index (χ2n) is 4.72. The molecule has 0 aromatic carbocycles. The molecule has 1 aromatic heterocycles. The van der Waals surface area contributed by atoms with Crippen molar-refractivity contribution in [3.8, 4) is 0 Å². The molecule has 0 radical (unpaired) electrons. The predicted molar refractivity (Wildman–Crippen MR) is 64.7 cm³/mol. The number of aryl methyl sites for hydroxylation is 2. The van der Waals surface area contributed by atoms with Gasteiger partial charge in [0.1, 0.15) is 5.60 Å². The minimum atomic E-state index is -0.688. The highest BCUT2D eigenvalue weighted by Crippen LogP contribution is 2.17. The fourth-order valence-electron chi connectivity index (χ4n) is 2.17. The lowest BCUT2D eigenvalue weighted by atomic mass is 10.0. The van der Waals surface area contributed by atoms with Crippen LogP contribution >= 0.6 is 0 Å². The van der Waals surface area contributed by atoms with Crippen LogP contribution in [0.2, 0.25) is 0 Å². The van der Waals surface area contributed by atoms with Crippen LogP contribution in [0.5, 0.6) is 0 Å². The van der Waals surface area contributed by atoms with Crippen molar-refractivity contribution < 1.29 is 9.84 Å². The Labute approximate surface area is 102 Å². The Bertz CT molecular complexity index is 370. The topological polar surface area (TPSA) is 59.3 Å². The molecule has 0 bridgehead atoms. The molecule has 0 amide bonds. The molecule has 0 saturated carbocycles. The summed E-state index contributed by atoms with van der Waals surface area (Å²) in [4.78, 5) is 0. The van der Waals surface area contributed by atoms with Crippen LogP contribution in [0.25, 0.3) is 0 Å². The van der Waals surface area contributed by atoms with Gasteiger partial charge in [-0.2, -0.15) is 5.10 Å². The maximum Gasteiger partial charge on any atom is 0.103 e. The Morgan fingerprint density at radius 2 is 2.47 bits per heavy atom. The molecule has 96 valence electrons. The molecule has 1 aliphatic rings. The van der Waals surface area contributed by atoms with Crippen molar-refractivity contribution in [1.82, 2.24) is 15.1 Å². The highest BCUT2D eigenvalue weighted by Gasteiger charge is 2.31. The zero-order valence-electron chi connectivity index (χ0n) is 10.6. The zero-order valence-corrected chi connectivity index (χ0v) is 10.6. The summed E-state index contributed by atoms with van der Waals surface area (Å²) in [7, 11) is 0. The maximum absolute atomic E-state index is 10.1. The lowest BCUT2D eigenvalue weighted by molar-refractivity contribution is 0.0267. The molecule has 1 atom stereocenters. The Hall–Kier alpha value is -0.910. The molecule has 0 aliphatic carbocycles. The number of rotatable bonds is 5. The van der Waals surface area contributed by atoms with Crippen LogP contribution in [0.4, 0.5) is 0 Å². The normalized spacial score (nSPS) is 24.4. The van der Waals surface area contributed by atoms with Gasteiger partial charge in [0.2, 0.25) is 0 Å². The smallest absolute Gasteiger partial charge is 0.103 e. The van der Waals surface area contributed by atoms with Gasteiger partial charge in [0.25, 0.3) is 0 Å². The van der Waals surface area contributed by atoms with Crippen LogP contribution in [0.3, 0.4) is 0 Å². The maximum atomic E-state index is 10.1. The van der Waals surface area contributed by atoms with Crippen molar-refractivity contribution in [3.63, 3.8) is 0 Å². The molecule has 17 heavy (non-hydrogen) atoms. The third kappa shape index (κ3) is 3.06. The molecule has 1 saturated heterocycles. The summed E-state index contributed by atoms with van der Waals surface area (Å²) in [5, 5.41) is 17.8. The molecule has 2 heterocycles. The summed E-state index contributed by atoms with van der Waals surface area (Å²) in [6.45, 7) is 7.34. The van der Waals surface area contributed by atoms with Gasteiger partial charge in [-0.15, -0.1) is 0 Å². The number of hydrogen-bond donors (Lipinski definition) is 2. The van der Waals surface area contributed by atoms with E-state index >= 15 is 0 Å². The van der Waals surface area contributed by atoms with E-state index in [0.29, 0.717) is 26.2 Å². The standard InChI is InChI=1S/C12H21N3O2/c1-3-15-11(6-10(2)14-15)7-13-8-12(16)4-5-17-9-12/h6,13,16H,3-5,7-9H2,1-2H3. The van der Waals surface area contributed by atoms with Crippen molar-refractivity contribution in [2.24, 2.45) is 0 Å². The van der Waals surface area contributed by atoms with E-state index < -0.39 is 5.60 Å². The molecule has 1 aliphatic heterocycles. The minimum Gasteiger partial charge on any atom is -0.386 e. The number of nitrogens with zero attached hydrogens (tertiary/aromatic N) is 2. The Balaban J connectivity index is 1.85. The van der Waals surface area contributed by atoms with Crippen molar-refractivity contribution in [2.75, 3.05) is 19.8 Å². The molecule has 5 heteroatoms. The molecular formula is C12H21N3O2. The van der Waals surface area contributed by atoms with E-state index in [4.69, 9.17) is 4.74 Å². The number of aliphatic hydroxyl groups is 1. The summed E-state index contributed by atoms with van der Waals surface area (Å²) in [5.74, 6) is 0. The Kier molecular flexibility index (Phi) is 3.81. The fourth-order valence-corrected chi connectivity index (χ4v) is 2.17. The minimum absolute atomic E-state index is 0.437. The number of aromatic nitrogens is 2. The van der Waals surface area contributed by atoms with Gasteiger partial charge in [0, 0.05) is 32.7 Å². The first kappa shape index (κ1) is 12.5. The first-order valence-electron chi connectivity index (χ1n) is 6.17. The number of ether oxygens (including phenoxy) is 1. The predicted octanol–water partition coefficient (Wildman–Crippen LogP) is 0.452. The zero-order chi connectivity index (χ0) is 12.3. The second-order valence-corrected chi connectivity index (χ2v) is 4.72. The third-order valence-electron chi connectivity index (χ3n) is 3.13. The van der Waals surface area contributed by atoms with Crippen molar-refractivity contribution in [2.45, 2.75) is 39.0 Å². The molecule has 2 N–H and O–H groups in total. The third-order valence-corrected chi connectivity index (χ3v) is 3.13. The van der Waals surface area contributed by atoms with Crippen LogP contribution in [0.1, 0.15) is 24.7 Å². The van der Waals surface area contributed by atoms with Crippen LogP contribution in [0.15, 0.2) is 6.07 Å². The van der Waals surface area contributed by atoms with E-state index in [1.165, 1.54) is 0 Å². The molecular weight excluding hydrogens is 218 g/mol. The quantitative estimate of drug-likeness (QED) is 0.783. The van der Waals surface area contributed by atoms with E-state index in [1.54, 1.807) is 0 Å². The Morgan fingerprint density at radius 3 is 3.12 bits per heavy atom. The van der Waals surface area contributed by atoms with E-state index in [9.17, 15) is 5.11 Å². The number of nitrogens with one attached hydrogen (secondary N) is 1. The molecule has 2 rings (SSSR count). The van der Waals surface area contributed by atoms with Gasteiger partial charge in [-0.3, -0.25) is 4.68 Å². The van der Waals surface area contributed by atoms with Crippen molar-refractivity contribution >= 4 is 0 Å². The van der Waals surface area contributed by atoms with Gasteiger partial charge < -0.3 is 15.2 Å². The van der Waals surface area contributed by atoms with Crippen LogP contribution in [-0.2, 0) is 17.8 Å². The highest BCUT2D eigenvalue weighted by atomic mass is 16.5. The van der Waals surface area contributed by atoms with E-state index in [2.05, 4.69) is 23.4 Å². The number of hydrogen-bond acceptors (Lipinski definition) is 4. The fraction of sp³-hybridized carbons (Fsp3) is 0.750. The van der Waals surface area contributed by atoms with Crippen LogP contribution < -0.4 is 5.32 Å². The van der Waals surface area contributed by atoms with Crippen molar-refractivity contribution in [3.05, 3.63) is 17.5 Å². The largest absolute Gasteiger partial charge is 0.386 e. The van der Waals surface area contributed by atoms with Crippen LogP contribution in [-0.4, -0.2) is 40.2 Å². The average Bonchev–Trinajstić information content (AvgIpc) is 2.86. The molecule has 1 unspecified atom stereocenters. The van der Waals surface area contributed by atoms with E-state index in [-0.39, 0.29) is 0 Å².